The van der Waals surface area contributed by atoms with E-state index < -0.39 is 5.41 Å². The molecule has 2 aromatic rings. The first kappa shape index (κ1) is 16.7. The highest BCUT2D eigenvalue weighted by Crippen LogP contribution is 2.52. The van der Waals surface area contributed by atoms with Crippen LogP contribution in [0, 0.1) is 0 Å². The number of amides is 1. The average Bonchev–Trinajstić information content (AvgIpc) is 3.24. The van der Waals surface area contributed by atoms with Gasteiger partial charge in [0.2, 0.25) is 5.91 Å². The number of carbonyl (C=O) groups is 1. The van der Waals surface area contributed by atoms with Gasteiger partial charge in [0.05, 0.1) is 32.8 Å². The Morgan fingerprint density at radius 3 is 2.31 bits per heavy atom. The molecule has 2 N–H and O–H groups in total. The molecular weight excluding hydrogens is 332 g/mol. The summed E-state index contributed by atoms with van der Waals surface area (Å²) in [5.74, 6) is 2.16. The van der Waals surface area contributed by atoms with Crippen molar-refractivity contribution in [2.45, 2.75) is 17.9 Å². The lowest BCUT2D eigenvalue weighted by molar-refractivity contribution is -0.121. The van der Waals surface area contributed by atoms with Crippen LogP contribution in [0.25, 0.3) is 0 Å². The minimum Gasteiger partial charge on any atom is -0.497 e. The van der Waals surface area contributed by atoms with Gasteiger partial charge >= 0.3 is 0 Å². The lowest BCUT2D eigenvalue weighted by atomic mass is 9.72. The lowest BCUT2D eigenvalue weighted by Crippen LogP contribution is -2.39. The molecule has 2 aliphatic rings. The van der Waals surface area contributed by atoms with E-state index in [2.05, 4.69) is 10.6 Å². The van der Waals surface area contributed by atoms with E-state index in [1.807, 2.05) is 36.4 Å². The van der Waals surface area contributed by atoms with Crippen LogP contribution in [0.2, 0.25) is 0 Å². The summed E-state index contributed by atoms with van der Waals surface area (Å²) in [7, 11) is 4.88. The maximum Gasteiger partial charge on any atom is 0.237 e. The highest BCUT2D eigenvalue weighted by molar-refractivity contribution is 6.07. The summed E-state index contributed by atoms with van der Waals surface area (Å²) in [4.78, 5) is 13.1. The van der Waals surface area contributed by atoms with Crippen molar-refractivity contribution in [2.24, 2.45) is 0 Å². The van der Waals surface area contributed by atoms with Gasteiger partial charge in [0.1, 0.15) is 17.2 Å². The summed E-state index contributed by atoms with van der Waals surface area (Å²) in [5.41, 5.74) is 2.10. The maximum atomic E-state index is 13.1. The zero-order valence-electron chi connectivity index (χ0n) is 15.1. The first-order valence-corrected chi connectivity index (χ1v) is 8.58. The summed E-state index contributed by atoms with van der Waals surface area (Å²) in [6.45, 7) is 0.744. The van der Waals surface area contributed by atoms with Crippen LogP contribution in [-0.4, -0.2) is 33.8 Å². The zero-order chi connectivity index (χ0) is 18.3. The highest BCUT2D eigenvalue weighted by Gasteiger charge is 2.55. The summed E-state index contributed by atoms with van der Waals surface area (Å²) in [6.07, 6.45) is 0.712. The molecule has 0 saturated carbocycles. The van der Waals surface area contributed by atoms with Crippen LogP contribution in [-0.2, 0) is 10.2 Å². The molecule has 2 aromatic carbocycles. The smallest absolute Gasteiger partial charge is 0.237 e. The summed E-state index contributed by atoms with van der Waals surface area (Å²) in [5, 5.41) is 6.55. The second-order valence-electron chi connectivity index (χ2n) is 6.62. The number of ether oxygens (including phenoxy) is 3. The van der Waals surface area contributed by atoms with Crippen molar-refractivity contribution < 1.29 is 19.0 Å². The van der Waals surface area contributed by atoms with Gasteiger partial charge in [0, 0.05) is 11.8 Å². The first-order chi connectivity index (χ1) is 12.6. The molecule has 2 heterocycles. The number of hydrogen-bond donors (Lipinski definition) is 2. The monoisotopic (exact) mass is 354 g/mol. The molecule has 4 rings (SSSR count). The number of benzene rings is 2. The molecule has 1 saturated heterocycles. The number of carbonyl (C=O) groups excluding carboxylic acids is 1. The molecule has 1 spiro atoms. The normalized spacial score (nSPS) is 23.7. The van der Waals surface area contributed by atoms with Crippen molar-refractivity contribution in [1.29, 1.82) is 0 Å². The molecule has 2 aliphatic heterocycles. The number of rotatable bonds is 4. The largest absolute Gasteiger partial charge is 0.497 e. The third-order valence-electron chi connectivity index (χ3n) is 5.43. The van der Waals surface area contributed by atoms with E-state index in [0.29, 0.717) is 17.9 Å². The van der Waals surface area contributed by atoms with Crippen molar-refractivity contribution >= 4 is 11.6 Å². The number of methoxy groups -OCH3 is 3. The Bertz CT molecular complexity index is 845. The van der Waals surface area contributed by atoms with Gasteiger partial charge in [0.25, 0.3) is 0 Å². The van der Waals surface area contributed by atoms with E-state index in [-0.39, 0.29) is 11.9 Å². The Hall–Kier alpha value is -2.73. The third-order valence-corrected chi connectivity index (χ3v) is 5.43. The molecule has 1 fully saturated rings. The van der Waals surface area contributed by atoms with E-state index in [9.17, 15) is 4.79 Å². The topological polar surface area (TPSA) is 68.8 Å². The number of anilines is 1. The second-order valence-corrected chi connectivity index (χ2v) is 6.62. The zero-order valence-corrected chi connectivity index (χ0v) is 15.1. The van der Waals surface area contributed by atoms with Crippen LogP contribution in [0.5, 0.6) is 17.2 Å². The van der Waals surface area contributed by atoms with E-state index in [4.69, 9.17) is 14.2 Å². The van der Waals surface area contributed by atoms with Crippen LogP contribution in [0.4, 0.5) is 5.69 Å². The molecule has 0 unspecified atom stereocenters. The molecular formula is C20H22N2O4. The molecule has 0 aliphatic carbocycles. The summed E-state index contributed by atoms with van der Waals surface area (Å²) < 4.78 is 16.2. The highest BCUT2D eigenvalue weighted by atomic mass is 16.5. The third kappa shape index (κ3) is 2.33. The van der Waals surface area contributed by atoms with Gasteiger partial charge in [-0.1, -0.05) is 0 Å². The van der Waals surface area contributed by atoms with Crippen molar-refractivity contribution in [3.63, 3.8) is 0 Å². The van der Waals surface area contributed by atoms with Crippen LogP contribution in [0.3, 0.4) is 0 Å². The SMILES string of the molecule is COc1cc(OC)cc([C@H]2NCC[C@]23C(=O)Nc2ccc(OC)cc23)c1. The fourth-order valence-electron chi connectivity index (χ4n) is 4.15. The molecule has 0 aromatic heterocycles. The van der Waals surface area contributed by atoms with Gasteiger partial charge in [-0.05, 0) is 54.4 Å². The molecule has 6 heteroatoms. The average molecular weight is 354 g/mol. The van der Waals surface area contributed by atoms with Crippen molar-refractivity contribution in [1.82, 2.24) is 5.32 Å². The van der Waals surface area contributed by atoms with Gasteiger partial charge in [-0.3, -0.25) is 4.79 Å². The van der Waals surface area contributed by atoms with E-state index >= 15 is 0 Å². The van der Waals surface area contributed by atoms with Crippen LogP contribution in [0.1, 0.15) is 23.6 Å². The molecule has 2 atom stereocenters. The molecule has 136 valence electrons. The van der Waals surface area contributed by atoms with Gasteiger partial charge in [-0.15, -0.1) is 0 Å². The van der Waals surface area contributed by atoms with Crippen molar-refractivity contribution in [2.75, 3.05) is 33.2 Å². The fourth-order valence-corrected chi connectivity index (χ4v) is 4.15. The van der Waals surface area contributed by atoms with Gasteiger partial charge < -0.3 is 24.8 Å². The summed E-state index contributed by atoms with van der Waals surface area (Å²) >= 11 is 0. The Balaban J connectivity index is 1.86. The lowest BCUT2D eigenvalue weighted by Gasteiger charge is -2.30. The molecule has 26 heavy (non-hydrogen) atoms. The quantitative estimate of drug-likeness (QED) is 0.883. The minimum atomic E-state index is -0.679. The number of nitrogens with one attached hydrogen (secondary N) is 2. The standard InChI is InChI=1S/C20H22N2O4/c1-24-13-4-5-17-16(11-13)20(19(23)22-17)6-7-21-18(20)12-8-14(25-2)10-15(9-12)26-3/h4-5,8-11,18,21H,6-7H2,1-3H3,(H,22,23)/t18-,20-/m1/s1. The number of hydrogen-bond acceptors (Lipinski definition) is 5. The van der Waals surface area contributed by atoms with Gasteiger partial charge in [-0.2, -0.15) is 0 Å². The van der Waals surface area contributed by atoms with Crippen LogP contribution >= 0.6 is 0 Å². The van der Waals surface area contributed by atoms with Gasteiger partial charge in [-0.25, -0.2) is 0 Å². The van der Waals surface area contributed by atoms with Crippen LogP contribution < -0.4 is 24.8 Å². The maximum absolute atomic E-state index is 13.1. The minimum absolute atomic E-state index is 0.0116. The molecule has 0 radical (unpaired) electrons. The molecule has 0 bridgehead atoms. The second kappa shape index (κ2) is 6.21. The Morgan fingerprint density at radius 2 is 1.65 bits per heavy atom. The van der Waals surface area contributed by atoms with E-state index in [1.165, 1.54) is 0 Å². The predicted molar refractivity (Wildman–Crippen MR) is 98.2 cm³/mol. The van der Waals surface area contributed by atoms with E-state index in [0.717, 1.165) is 29.1 Å². The van der Waals surface area contributed by atoms with Crippen LogP contribution in [0.15, 0.2) is 36.4 Å². The Morgan fingerprint density at radius 1 is 0.962 bits per heavy atom. The Labute approximate surface area is 152 Å². The van der Waals surface area contributed by atoms with Crippen molar-refractivity contribution in [3.8, 4) is 17.2 Å². The fraction of sp³-hybridized carbons (Fsp3) is 0.350. The van der Waals surface area contributed by atoms with Gasteiger partial charge in [0.15, 0.2) is 0 Å². The van der Waals surface area contributed by atoms with Crippen molar-refractivity contribution in [3.05, 3.63) is 47.5 Å². The molecule has 1 amide bonds. The Kier molecular flexibility index (Phi) is 4.00. The predicted octanol–water partition coefficient (Wildman–Crippen LogP) is 2.64. The number of fused-ring (bicyclic) bond motifs is 2. The first-order valence-electron chi connectivity index (χ1n) is 8.58. The molecule has 6 nitrogen and oxygen atoms in total. The van der Waals surface area contributed by atoms with E-state index in [1.54, 1.807) is 21.3 Å². The summed E-state index contributed by atoms with van der Waals surface area (Å²) in [6, 6.07) is 11.3.